The maximum atomic E-state index is 13.0. The van der Waals surface area contributed by atoms with Gasteiger partial charge in [-0.3, -0.25) is 19.3 Å². The van der Waals surface area contributed by atoms with E-state index in [9.17, 15) is 14.4 Å². The summed E-state index contributed by atoms with van der Waals surface area (Å²) in [6.07, 6.45) is 1.73. The van der Waals surface area contributed by atoms with E-state index in [1.807, 2.05) is 18.2 Å². The minimum Gasteiger partial charge on any atom is -0.353 e. The highest BCUT2D eigenvalue weighted by Gasteiger charge is 2.42. The lowest BCUT2D eigenvalue weighted by molar-refractivity contribution is -0.135. The average molecular weight is 433 g/mol. The number of fused-ring (bicyclic) bond motifs is 1. The van der Waals surface area contributed by atoms with Gasteiger partial charge in [-0.15, -0.1) is 0 Å². The number of nitrogens with zero attached hydrogens (tertiary/aromatic N) is 4. The number of halogens is 2. The average Bonchev–Trinajstić information content (AvgIpc) is 2.98. The zero-order valence-electron chi connectivity index (χ0n) is 15.6. The maximum absolute atomic E-state index is 13.0. The standard InChI is InChI=1S/C20H18Cl2N4O3/c1-12(26-19(28)13-10-15(21)16(22)11-14(13)20(26)29)18(27)25-8-6-24(7-9-25)17-4-2-3-5-23-17/h2-5,10-12H,6-9H2,1H3. The number of amides is 3. The van der Waals surface area contributed by atoms with Crippen molar-refractivity contribution >= 4 is 46.7 Å². The van der Waals surface area contributed by atoms with E-state index >= 15 is 0 Å². The minimum atomic E-state index is -0.915. The van der Waals surface area contributed by atoms with Crippen LogP contribution in [0.15, 0.2) is 36.5 Å². The number of carbonyl (C=O) groups is 3. The van der Waals surface area contributed by atoms with Crippen LogP contribution in [0, 0.1) is 0 Å². The van der Waals surface area contributed by atoms with Gasteiger partial charge in [-0.05, 0) is 31.2 Å². The molecule has 9 heteroatoms. The van der Waals surface area contributed by atoms with Crippen molar-refractivity contribution in [1.82, 2.24) is 14.8 Å². The van der Waals surface area contributed by atoms with E-state index in [0.717, 1.165) is 10.7 Å². The lowest BCUT2D eigenvalue weighted by atomic mass is 10.1. The number of pyridine rings is 1. The second-order valence-electron chi connectivity index (χ2n) is 6.97. The fourth-order valence-corrected chi connectivity index (χ4v) is 4.00. The number of benzene rings is 1. The second-order valence-corrected chi connectivity index (χ2v) is 7.78. The van der Waals surface area contributed by atoms with Crippen molar-refractivity contribution in [3.63, 3.8) is 0 Å². The molecule has 0 saturated carbocycles. The first-order valence-corrected chi connectivity index (χ1v) is 9.96. The number of imide groups is 1. The number of piperazine rings is 1. The molecule has 0 spiro atoms. The Kier molecular flexibility index (Phi) is 5.19. The molecular weight excluding hydrogens is 415 g/mol. The molecule has 29 heavy (non-hydrogen) atoms. The maximum Gasteiger partial charge on any atom is 0.262 e. The summed E-state index contributed by atoms with van der Waals surface area (Å²) in [7, 11) is 0. The Balaban J connectivity index is 1.46. The summed E-state index contributed by atoms with van der Waals surface area (Å²) in [6.45, 7) is 3.80. The molecule has 0 radical (unpaired) electrons. The number of anilines is 1. The molecule has 150 valence electrons. The van der Waals surface area contributed by atoms with Crippen LogP contribution in [0.3, 0.4) is 0 Å². The van der Waals surface area contributed by atoms with Gasteiger partial charge < -0.3 is 9.80 Å². The van der Waals surface area contributed by atoms with Crippen LogP contribution in [0.2, 0.25) is 10.0 Å². The first-order chi connectivity index (χ1) is 13.9. The van der Waals surface area contributed by atoms with Gasteiger partial charge in [-0.25, -0.2) is 4.98 Å². The first kappa shape index (κ1) is 19.7. The summed E-state index contributed by atoms with van der Waals surface area (Å²) < 4.78 is 0. The van der Waals surface area contributed by atoms with Crippen molar-refractivity contribution in [3.05, 3.63) is 57.7 Å². The number of hydrogen-bond donors (Lipinski definition) is 0. The minimum absolute atomic E-state index is 0.170. The normalized spacial score (nSPS) is 17.6. The Morgan fingerprint density at radius 2 is 1.59 bits per heavy atom. The molecule has 1 unspecified atom stereocenters. The molecule has 1 saturated heterocycles. The van der Waals surface area contributed by atoms with E-state index in [4.69, 9.17) is 23.2 Å². The van der Waals surface area contributed by atoms with Crippen LogP contribution < -0.4 is 4.90 Å². The molecule has 2 aliphatic rings. The molecule has 0 bridgehead atoms. The van der Waals surface area contributed by atoms with Crippen molar-refractivity contribution in [2.45, 2.75) is 13.0 Å². The molecule has 1 aromatic heterocycles. The highest BCUT2D eigenvalue weighted by Crippen LogP contribution is 2.32. The lowest BCUT2D eigenvalue weighted by Gasteiger charge is -2.37. The van der Waals surface area contributed by atoms with Crippen LogP contribution >= 0.6 is 23.2 Å². The molecule has 4 rings (SSSR count). The Morgan fingerprint density at radius 3 is 2.10 bits per heavy atom. The summed E-state index contributed by atoms with van der Waals surface area (Å²) in [6, 6.07) is 7.54. The third-order valence-corrected chi connectivity index (χ3v) is 5.99. The second kappa shape index (κ2) is 7.65. The summed E-state index contributed by atoms with van der Waals surface area (Å²) in [4.78, 5) is 47.6. The molecule has 0 aliphatic carbocycles. The van der Waals surface area contributed by atoms with E-state index in [1.54, 1.807) is 18.0 Å². The molecule has 3 heterocycles. The Morgan fingerprint density at radius 1 is 1.00 bits per heavy atom. The monoisotopic (exact) mass is 432 g/mol. The highest BCUT2D eigenvalue weighted by atomic mass is 35.5. The molecule has 2 aliphatic heterocycles. The quantitative estimate of drug-likeness (QED) is 0.697. The molecular formula is C20H18Cl2N4O3. The molecule has 1 atom stereocenters. The lowest BCUT2D eigenvalue weighted by Crippen LogP contribution is -2.55. The predicted octanol–water partition coefficient (Wildman–Crippen LogP) is 2.72. The van der Waals surface area contributed by atoms with Gasteiger partial charge in [0, 0.05) is 32.4 Å². The van der Waals surface area contributed by atoms with Gasteiger partial charge in [0.15, 0.2) is 0 Å². The molecule has 1 aromatic carbocycles. The van der Waals surface area contributed by atoms with Crippen molar-refractivity contribution in [3.8, 4) is 0 Å². The SMILES string of the molecule is CC(C(=O)N1CCN(c2ccccn2)CC1)N1C(=O)c2cc(Cl)c(Cl)cc2C1=O. The summed E-state index contributed by atoms with van der Waals surface area (Å²) in [5.41, 5.74) is 0.341. The van der Waals surface area contributed by atoms with Crippen LogP contribution in [0.5, 0.6) is 0 Å². The molecule has 7 nitrogen and oxygen atoms in total. The van der Waals surface area contributed by atoms with Crippen molar-refractivity contribution in [1.29, 1.82) is 0 Å². The zero-order valence-corrected chi connectivity index (χ0v) is 17.2. The molecule has 1 fully saturated rings. The van der Waals surface area contributed by atoms with Crippen LogP contribution in [0.1, 0.15) is 27.6 Å². The van der Waals surface area contributed by atoms with E-state index < -0.39 is 17.9 Å². The predicted molar refractivity (Wildman–Crippen MR) is 109 cm³/mol. The number of hydrogen-bond acceptors (Lipinski definition) is 5. The van der Waals surface area contributed by atoms with Gasteiger partial charge in [0.25, 0.3) is 11.8 Å². The first-order valence-electron chi connectivity index (χ1n) is 9.20. The van der Waals surface area contributed by atoms with Gasteiger partial charge >= 0.3 is 0 Å². The summed E-state index contributed by atoms with van der Waals surface area (Å²) >= 11 is 12.0. The van der Waals surface area contributed by atoms with Gasteiger partial charge in [0.05, 0.1) is 21.2 Å². The van der Waals surface area contributed by atoms with Gasteiger partial charge in [-0.2, -0.15) is 0 Å². The zero-order chi connectivity index (χ0) is 20.7. The van der Waals surface area contributed by atoms with E-state index in [0.29, 0.717) is 26.2 Å². The molecule has 3 amide bonds. The molecule has 0 N–H and O–H groups in total. The molecule has 2 aromatic rings. The van der Waals surface area contributed by atoms with Crippen molar-refractivity contribution in [2.24, 2.45) is 0 Å². The van der Waals surface area contributed by atoms with Gasteiger partial charge in [0.1, 0.15) is 11.9 Å². The number of carbonyl (C=O) groups excluding carboxylic acids is 3. The van der Waals surface area contributed by atoms with E-state index in [1.165, 1.54) is 12.1 Å². The summed E-state index contributed by atoms with van der Waals surface area (Å²) in [5, 5.41) is 0.385. The fraction of sp³-hybridized carbons (Fsp3) is 0.300. The van der Waals surface area contributed by atoms with Crippen LogP contribution in [-0.4, -0.2) is 64.7 Å². The third kappa shape index (κ3) is 3.45. The van der Waals surface area contributed by atoms with E-state index in [-0.39, 0.29) is 27.1 Å². The smallest absolute Gasteiger partial charge is 0.262 e. The topological polar surface area (TPSA) is 73.8 Å². The largest absolute Gasteiger partial charge is 0.353 e. The van der Waals surface area contributed by atoms with Gasteiger partial charge in [0.2, 0.25) is 5.91 Å². The van der Waals surface area contributed by atoms with Crippen LogP contribution in [0.4, 0.5) is 5.82 Å². The highest BCUT2D eigenvalue weighted by molar-refractivity contribution is 6.43. The third-order valence-electron chi connectivity index (χ3n) is 5.27. The van der Waals surface area contributed by atoms with Crippen LogP contribution in [-0.2, 0) is 4.79 Å². The fourth-order valence-electron chi connectivity index (χ4n) is 3.68. The van der Waals surface area contributed by atoms with Gasteiger partial charge in [-0.1, -0.05) is 29.3 Å². The Bertz CT molecular complexity index is 950. The van der Waals surface area contributed by atoms with Crippen LogP contribution in [0.25, 0.3) is 0 Å². The van der Waals surface area contributed by atoms with E-state index in [2.05, 4.69) is 9.88 Å². The van der Waals surface area contributed by atoms with Crippen molar-refractivity contribution in [2.75, 3.05) is 31.1 Å². The number of aromatic nitrogens is 1. The summed E-state index contributed by atoms with van der Waals surface area (Å²) in [5.74, 6) is -0.466. The Labute approximate surface area is 177 Å². The number of rotatable bonds is 3. The Hall–Kier alpha value is -2.64. The van der Waals surface area contributed by atoms with Crippen molar-refractivity contribution < 1.29 is 14.4 Å².